The van der Waals surface area contributed by atoms with Crippen molar-refractivity contribution in [3.63, 3.8) is 0 Å². The summed E-state index contributed by atoms with van der Waals surface area (Å²) in [6.07, 6.45) is 8.73. The van der Waals surface area contributed by atoms with E-state index in [2.05, 4.69) is 6.92 Å². The smallest absolute Gasteiger partial charge is 0.309 e. The van der Waals surface area contributed by atoms with Gasteiger partial charge in [-0.1, -0.05) is 13.3 Å². The van der Waals surface area contributed by atoms with Crippen LogP contribution in [-0.4, -0.2) is 33.5 Å². The fourth-order valence-corrected chi connectivity index (χ4v) is 8.06. The first kappa shape index (κ1) is 16.8. The molecule has 4 heteroatoms. The van der Waals surface area contributed by atoms with Crippen LogP contribution in [-0.2, 0) is 4.79 Å². The summed E-state index contributed by atoms with van der Waals surface area (Å²) in [7, 11) is 0. The molecule has 4 nitrogen and oxygen atoms in total. The van der Waals surface area contributed by atoms with Gasteiger partial charge in [0.05, 0.1) is 17.6 Å². The Morgan fingerprint density at radius 2 is 1.83 bits per heavy atom. The number of carboxylic acids is 1. The Morgan fingerprint density at radius 3 is 2.50 bits per heavy atom. The Kier molecular flexibility index (Phi) is 3.49. The summed E-state index contributed by atoms with van der Waals surface area (Å²) in [6.45, 7) is 4.19. The van der Waals surface area contributed by atoms with Crippen molar-refractivity contribution in [3.8, 4) is 0 Å². The van der Waals surface area contributed by atoms with Gasteiger partial charge in [-0.15, -0.1) is 0 Å². The zero-order valence-corrected chi connectivity index (χ0v) is 15.1. The van der Waals surface area contributed by atoms with Gasteiger partial charge in [0.15, 0.2) is 0 Å². The van der Waals surface area contributed by atoms with E-state index in [9.17, 15) is 20.1 Å². The predicted molar refractivity (Wildman–Crippen MR) is 90.3 cm³/mol. The molecule has 3 N–H and O–H groups in total. The highest BCUT2D eigenvalue weighted by atomic mass is 16.4. The highest BCUT2D eigenvalue weighted by Crippen LogP contribution is 2.72. The van der Waals surface area contributed by atoms with E-state index in [4.69, 9.17) is 0 Å². The Morgan fingerprint density at radius 1 is 1.08 bits per heavy atom. The third-order valence-corrected chi connectivity index (χ3v) is 9.08. The summed E-state index contributed by atoms with van der Waals surface area (Å²) in [6, 6.07) is 0. The zero-order valence-electron chi connectivity index (χ0n) is 15.1. The lowest BCUT2D eigenvalue weighted by atomic mass is 9.41. The zero-order chi connectivity index (χ0) is 17.4. The lowest BCUT2D eigenvalue weighted by Gasteiger charge is -2.63. The number of aliphatic carboxylic acids is 1. The number of hydrogen-bond acceptors (Lipinski definition) is 3. The first-order valence-electron chi connectivity index (χ1n) is 9.77. The molecule has 0 saturated heterocycles. The second-order valence-electron chi connectivity index (χ2n) is 10.0. The van der Waals surface area contributed by atoms with Crippen LogP contribution in [0.15, 0.2) is 0 Å². The molecule has 0 aliphatic heterocycles. The van der Waals surface area contributed by atoms with Crippen LogP contribution in [0.25, 0.3) is 0 Å². The Bertz CT molecular complexity index is 562. The Labute approximate surface area is 144 Å². The van der Waals surface area contributed by atoms with Gasteiger partial charge in [-0.25, -0.2) is 0 Å². The Balaban J connectivity index is 1.73. The molecule has 0 aromatic rings. The maximum atomic E-state index is 12.1. The maximum absolute atomic E-state index is 12.1. The Hall–Kier alpha value is -0.610. The second-order valence-corrected chi connectivity index (χ2v) is 10.0. The molecule has 24 heavy (non-hydrogen) atoms. The molecule has 4 fully saturated rings. The van der Waals surface area contributed by atoms with E-state index in [0.717, 1.165) is 57.8 Å². The molecule has 0 heterocycles. The number of aliphatic hydroxyl groups is 2. The average Bonchev–Trinajstić information content (AvgIpc) is 2.73. The van der Waals surface area contributed by atoms with Crippen LogP contribution in [0.2, 0.25) is 0 Å². The number of hydrogen-bond donors (Lipinski definition) is 3. The first-order valence-corrected chi connectivity index (χ1v) is 9.77. The van der Waals surface area contributed by atoms with Gasteiger partial charge in [0, 0.05) is 0 Å². The molecule has 4 rings (SSSR count). The highest BCUT2D eigenvalue weighted by Gasteiger charge is 2.68. The van der Waals surface area contributed by atoms with Gasteiger partial charge in [0.2, 0.25) is 0 Å². The van der Waals surface area contributed by atoms with Gasteiger partial charge in [0.1, 0.15) is 0 Å². The fraction of sp³-hybridized carbons (Fsp3) is 0.950. The first-order chi connectivity index (χ1) is 11.2. The van der Waals surface area contributed by atoms with E-state index in [-0.39, 0.29) is 29.3 Å². The van der Waals surface area contributed by atoms with E-state index >= 15 is 0 Å². The molecular weight excluding hydrogens is 304 g/mol. The van der Waals surface area contributed by atoms with Gasteiger partial charge in [0.25, 0.3) is 0 Å². The van der Waals surface area contributed by atoms with E-state index < -0.39 is 17.0 Å². The standard InChI is InChI=1S/C20H32O4/c1-17-7-3-8-18(2,16(22)23)14(17)6-9-19-10-13(4-5-15(17)19)20(24,11-19)12-21/h13-15,21,24H,3-12H2,1-2H3,(H,22,23)/t13-,14-,15-,17-,18-,19-,20-/m0/s1. The van der Waals surface area contributed by atoms with Crippen molar-refractivity contribution < 1.29 is 20.1 Å². The molecule has 4 aliphatic carbocycles. The van der Waals surface area contributed by atoms with E-state index in [1.807, 2.05) is 6.92 Å². The van der Waals surface area contributed by atoms with Crippen LogP contribution in [0.5, 0.6) is 0 Å². The van der Waals surface area contributed by atoms with Crippen LogP contribution in [0.1, 0.15) is 71.6 Å². The summed E-state index contributed by atoms with van der Waals surface area (Å²) >= 11 is 0. The lowest BCUT2D eigenvalue weighted by Crippen LogP contribution is -2.58. The molecule has 0 amide bonds. The summed E-state index contributed by atoms with van der Waals surface area (Å²) < 4.78 is 0. The third-order valence-electron chi connectivity index (χ3n) is 9.08. The maximum Gasteiger partial charge on any atom is 0.309 e. The molecule has 4 saturated carbocycles. The molecule has 136 valence electrons. The normalized spacial score (nSPS) is 56.4. The van der Waals surface area contributed by atoms with Crippen molar-refractivity contribution in [2.24, 2.45) is 34.0 Å². The van der Waals surface area contributed by atoms with Crippen molar-refractivity contribution in [1.82, 2.24) is 0 Å². The molecule has 0 aromatic heterocycles. The van der Waals surface area contributed by atoms with Crippen LogP contribution < -0.4 is 0 Å². The molecule has 1 spiro atoms. The van der Waals surface area contributed by atoms with Crippen LogP contribution in [0.4, 0.5) is 0 Å². The topological polar surface area (TPSA) is 77.8 Å². The molecule has 0 aromatic carbocycles. The molecular formula is C20H32O4. The minimum absolute atomic E-state index is 0.0648. The second kappa shape index (κ2) is 4.97. The van der Waals surface area contributed by atoms with Crippen LogP contribution >= 0.6 is 0 Å². The van der Waals surface area contributed by atoms with E-state index in [0.29, 0.717) is 5.92 Å². The van der Waals surface area contributed by atoms with Gasteiger partial charge in [-0.05, 0) is 86.9 Å². The number of carbonyl (C=O) groups is 1. The minimum Gasteiger partial charge on any atom is -0.481 e. The van der Waals surface area contributed by atoms with Gasteiger partial charge >= 0.3 is 5.97 Å². The number of fused-ring (bicyclic) bond motifs is 3. The van der Waals surface area contributed by atoms with E-state index in [1.54, 1.807) is 0 Å². The van der Waals surface area contributed by atoms with Crippen molar-refractivity contribution in [2.45, 2.75) is 77.2 Å². The average molecular weight is 336 g/mol. The van der Waals surface area contributed by atoms with Gasteiger partial charge in [-0.2, -0.15) is 0 Å². The molecule has 4 aliphatic rings. The van der Waals surface area contributed by atoms with Crippen molar-refractivity contribution in [1.29, 1.82) is 0 Å². The van der Waals surface area contributed by atoms with E-state index in [1.165, 1.54) is 0 Å². The van der Waals surface area contributed by atoms with Gasteiger partial charge < -0.3 is 15.3 Å². The lowest BCUT2D eigenvalue weighted by molar-refractivity contribution is -0.181. The molecule has 0 radical (unpaired) electrons. The van der Waals surface area contributed by atoms with Crippen LogP contribution in [0, 0.1) is 34.0 Å². The fourth-order valence-electron chi connectivity index (χ4n) is 8.06. The molecule has 2 bridgehead atoms. The van der Waals surface area contributed by atoms with Gasteiger partial charge in [-0.3, -0.25) is 4.79 Å². The SMILES string of the molecule is C[C@]12CCC[C@](C)(C(=O)O)[C@H]1CC[C@@]13C[C@H](CC[C@H]12)[C@@](O)(CO)C3. The minimum atomic E-state index is -0.900. The summed E-state index contributed by atoms with van der Waals surface area (Å²) in [5.74, 6) is 0.348. The van der Waals surface area contributed by atoms with Crippen molar-refractivity contribution >= 4 is 5.97 Å². The van der Waals surface area contributed by atoms with Crippen molar-refractivity contribution in [2.75, 3.05) is 6.61 Å². The largest absolute Gasteiger partial charge is 0.481 e. The third kappa shape index (κ3) is 1.90. The quantitative estimate of drug-likeness (QED) is 0.723. The predicted octanol–water partition coefficient (Wildman–Crippen LogP) is 3.21. The summed E-state index contributed by atoms with van der Waals surface area (Å²) in [4.78, 5) is 12.1. The highest BCUT2D eigenvalue weighted by molar-refractivity contribution is 5.75. The molecule has 7 atom stereocenters. The number of rotatable bonds is 2. The van der Waals surface area contributed by atoms with Crippen molar-refractivity contribution in [3.05, 3.63) is 0 Å². The number of aliphatic hydroxyl groups excluding tert-OH is 1. The summed E-state index contributed by atoms with van der Waals surface area (Å²) in [5.41, 5.74) is -1.31. The number of carboxylic acid groups (broad SMARTS) is 1. The molecule has 0 unspecified atom stereocenters. The monoisotopic (exact) mass is 336 g/mol. The summed E-state index contributed by atoms with van der Waals surface area (Å²) in [5, 5.41) is 30.6. The van der Waals surface area contributed by atoms with Crippen LogP contribution in [0.3, 0.4) is 0 Å².